The monoisotopic (exact) mass is 337 g/mol. The first-order valence-corrected chi connectivity index (χ1v) is 6.67. The fourth-order valence-electron chi connectivity index (χ4n) is 1.60. The lowest BCUT2D eigenvalue weighted by Crippen LogP contribution is -2.13. The maximum Gasteiger partial charge on any atom is 0.311 e. The van der Waals surface area contributed by atoms with Crippen molar-refractivity contribution in [2.75, 3.05) is 18.5 Å². The van der Waals surface area contributed by atoms with Crippen LogP contribution in [0.3, 0.4) is 0 Å². The molecular weight excluding hydrogens is 326 g/mol. The highest BCUT2D eigenvalue weighted by atomic mass is 79.9. The molecule has 0 bridgehead atoms. The van der Waals surface area contributed by atoms with E-state index in [1.165, 1.54) is 12.4 Å². The number of nitrogens with one attached hydrogen (secondary N) is 1. The second-order valence-corrected chi connectivity index (χ2v) is 4.72. The number of aromatic nitrogens is 1. The highest BCUT2D eigenvalue weighted by Gasteiger charge is 2.16. The predicted octanol–water partition coefficient (Wildman–Crippen LogP) is 3.24. The van der Waals surface area contributed by atoms with Crippen LogP contribution in [0.5, 0.6) is 5.75 Å². The Balaban J connectivity index is 1.93. The van der Waals surface area contributed by atoms with Gasteiger partial charge in [0.2, 0.25) is 0 Å². The molecule has 20 heavy (non-hydrogen) atoms. The van der Waals surface area contributed by atoms with Gasteiger partial charge in [-0.15, -0.1) is 0 Å². The number of benzene rings is 1. The Kier molecular flexibility index (Phi) is 4.89. The van der Waals surface area contributed by atoms with E-state index in [1.807, 2.05) is 30.3 Å². The summed E-state index contributed by atoms with van der Waals surface area (Å²) in [5.41, 5.74) is 0.334. The zero-order chi connectivity index (χ0) is 14.4. The van der Waals surface area contributed by atoms with Crippen LogP contribution >= 0.6 is 15.9 Å². The molecule has 104 valence electrons. The lowest BCUT2D eigenvalue weighted by Gasteiger charge is -2.09. The summed E-state index contributed by atoms with van der Waals surface area (Å²) in [6, 6.07) is 9.37. The topological polar surface area (TPSA) is 77.3 Å². The van der Waals surface area contributed by atoms with Crippen LogP contribution < -0.4 is 10.1 Å². The number of halogens is 1. The predicted molar refractivity (Wildman–Crippen MR) is 79.0 cm³/mol. The van der Waals surface area contributed by atoms with Gasteiger partial charge in [-0.1, -0.05) is 18.2 Å². The summed E-state index contributed by atoms with van der Waals surface area (Å²) in [6.07, 6.45) is 2.72. The van der Waals surface area contributed by atoms with E-state index in [2.05, 4.69) is 26.2 Å². The lowest BCUT2D eigenvalue weighted by atomic mass is 10.3. The van der Waals surface area contributed by atoms with Crippen molar-refractivity contribution in [3.05, 3.63) is 57.3 Å². The zero-order valence-electron chi connectivity index (χ0n) is 10.5. The minimum absolute atomic E-state index is 0.0703. The SMILES string of the molecule is O=[N+]([O-])c1cncc(Br)c1NCCOc1ccccc1. The number of anilines is 1. The first-order chi connectivity index (χ1) is 9.68. The summed E-state index contributed by atoms with van der Waals surface area (Å²) < 4.78 is 6.05. The highest BCUT2D eigenvalue weighted by molar-refractivity contribution is 9.10. The number of ether oxygens (including phenoxy) is 1. The average Bonchev–Trinajstić information content (AvgIpc) is 2.45. The molecule has 0 amide bonds. The van der Waals surface area contributed by atoms with Crippen LogP contribution in [0.15, 0.2) is 47.2 Å². The van der Waals surface area contributed by atoms with Crippen LogP contribution in [0, 0.1) is 10.1 Å². The minimum atomic E-state index is -0.474. The van der Waals surface area contributed by atoms with Gasteiger partial charge in [0.1, 0.15) is 24.2 Å². The molecule has 0 fully saturated rings. The number of para-hydroxylation sites is 1. The van der Waals surface area contributed by atoms with E-state index in [4.69, 9.17) is 4.74 Å². The van der Waals surface area contributed by atoms with Gasteiger partial charge in [-0.05, 0) is 28.1 Å². The van der Waals surface area contributed by atoms with Crippen LogP contribution in [-0.4, -0.2) is 23.1 Å². The number of nitrogens with zero attached hydrogens (tertiary/aromatic N) is 2. The van der Waals surface area contributed by atoms with Gasteiger partial charge in [0.05, 0.1) is 9.40 Å². The van der Waals surface area contributed by atoms with E-state index in [9.17, 15) is 10.1 Å². The largest absolute Gasteiger partial charge is 0.492 e. The van der Waals surface area contributed by atoms with Crippen molar-refractivity contribution in [1.82, 2.24) is 4.98 Å². The third-order valence-electron chi connectivity index (χ3n) is 2.49. The van der Waals surface area contributed by atoms with Gasteiger partial charge < -0.3 is 10.1 Å². The number of nitro groups is 1. The summed E-state index contributed by atoms with van der Waals surface area (Å²) in [6.45, 7) is 0.842. The normalized spacial score (nSPS) is 10.1. The average molecular weight is 338 g/mol. The van der Waals surface area contributed by atoms with Crippen molar-refractivity contribution in [3.8, 4) is 5.75 Å². The third-order valence-corrected chi connectivity index (χ3v) is 3.09. The van der Waals surface area contributed by atoms with E-state index in [0.717, 1.165) is 5.75 Å². The lowest BCUT2D eigenvalue weighted by molar-refractivity contribution is -0.384. The zero-order valence-corrected chi connectivity index (χ0v) is 12.0. The molecule has 0 atom stereocenters. The van der Waals surface area contributed by atoms with Crippen LogP contribution in [0.1, 0.15) is 0 Å². The quantitative estimate of drug-likeness (QED) is 0.497. The van der Waals surface area contributed by atoms with Gasteiger partial charge in [0.25, 0.3) is 0 Å². The van der Waals surface area contributed by atoms with Crippen molar-refractivity contribution in [1.29, 1.82) is 0 Å². The molecule has 2 rings (SSSR count). The summed E-state index contributed by atoms with van der Waals surface area (Å²) in [4.78, 5) is 14.2. The summed E-state index contributed by atoms with van der Waals surface area (Å²) in [5.74, 6) is 0.762. The summed E-state index contributed by atoms with van der Waals surface area (Å²) in [7, 11) is 0. The molecule has 0 radical (unpaired) electrons. The Labute approximate surface area is 124 Å². The molecule has 1 aromatic heterocycles. The maximum atomic E-state index is 10.9. The molecular formula is C13H12BrN3O3. The third kappa shape index (κ3) is 3.67. The van der Waals surface area contributed by atoms with Crippen molar-refractivity contribution >= 4 is 27.3 Å². The first kappa shape index (κ1) is 14.3. The second kappa shape index (κ2) is 6.85. The van der Waals surface area contributed by atoms with Crippen LogP contribution in [-0.2, 0) is 0 Å². The Bertz CT molecular complexity index is 593. The molecule has 1 N–H and O–H groups in total. The molecule has 0 saturated carbocycles. The molecule has 0 spiro atoms. The molecule has 7 heteroatoms. The second-order valence-electron chi connectivity index (χ2n) is 3.86. The van der Waals surface area contributed by atoms with Crippen LogP contribution in [0.2, 0.25) is 0 Å². The van der Waals surface area contributed by atoms with Gasteiger partial charge >= 0.3 is 5.69 Å². The van der Waals surface area contributed by atoms with Crippen molar-refractivity contribution in [3.63, 3.8) is 0 Å². The van der Waals surface area contributed by atoms with Crippen molar-refractivity contribution in [2.24, 2.45) is 0 Å². The fraction of sp³-hybridized carbons (Fsp3) is 0.154. The Morgan fingerprint density at radius 1 is 1.30 bits per heavy atom. The number of rotatable bonds is 6. The Morgan fingerprint density at radius 2 is 2.05 bits per heavy atom. The fourth-order valence-corrected chi connectivity index (χ4v) is 2.06. The van der Waals surface area contributed by atoms with Gasteiger partial charge in [-0.2, -0.15) is 0 Å². The standard InChI is InChI=1S/C13H12BrN3O3/c14-11-8-15-9-12(17(18)19)13(11)16-6-7-20-10-4-2-1-3-5-10/h1-5,8-9H,6-7H2,(H,15,16). The molecule has 6 nitrogen and oxygen atoms in total. The molecule has 1 aromatic carbocycles. The van der Waals surface area contributed by atoms with Gasteiger partial charge in [-0.25, -0.2) is 0 Å². The van der Waals surface area contributed by atoms with E-state index >= 15 is 0 Å². The molecule has 0 saturated heterocycles. The number of pyridine rings is 1. The molecule has 0 aliphatic carbocycles. The first-order valence-electron chi connectivity index (χ1n) is 5.88. The minimum Gasteiger partial charge on any atom is -0.492 e. The highest BCUT2D eigenvalue weighted by Crippen LogP contribution is 2.30. The van der Waals surface area contributed by atoms with Crippen molar-refractivity contribution in [2.45, 2.75) is 0 Å². The maximum absolute atomic E-state index is 10.9. The molecule has 2 aromatic rings. The van der Waals surface area contributed by atoms with Crippen LogP contribution in [0.4, 0.5) is 11.4 Å². The van der Waals surface area contributed by atoms with E-state index in [1.54, 1.807) is 0 Å². The van der Waals surface area contributed by atoms with E-state index in [-0.39, 0.29) is 5.69 Å². The molecule has 0 aliphatic rings. The van der Waals surface area contributed by atoms with Gasteiger partial charge in [0.15, 0.2) is 0 Å². The van der Waals surface area contributed by atoms with E-state index in [0.29, 0.717) is 23.3 Å². The smallest absolute Gasteiger partial charge is 0.311 e. The molecule has 0 aliphatic heterocycles. The van der Waals surface area contributed by atoms with Gasteiger partial charge in [0, 0.05) is 12.7 Å². The van der Waals surface area contributed by atoms with Crippen LogP contribution in [0.25, 0.3) is 0 Å². The number of hydrogen-bond donors (Lipinski definition) is 1. The summed E-state index contributed by atoms with van der Waals surface area (Å²) >= 11 is 3.24. The summed E-state index contributed by atoms with van der Waals surface area (Å²) in [5, 5.41) is 13.9. The molecule has 1 heterocycles. The van der Waals surface area contributed by atoms with Gasteiger partial charge in [-0.3, -0.25) is 15.1 Å². The molecule has 0 unspecified atom stereocenters. The van der Waals surface area contributed by atoms with Crippen molar-refractivity contribution < 1.29 is 9.66 Å². The number of hydrogen-bond acceptors (Lipinski definition) is 5. The Morgan fingerprint density at radius 3 is 2.75 bits per heavy atom. The Hall–Kier alpha value is -2.15. The van der Waals surface area contributed by atoms with E-state index < -0.39 is 4.92 Å².